The van der Waals surface area contributed by atoms with E-state index in [1.54, 1.807) is 0 Å². The van der Waals surface area contributed by atoms with Crippen molar-refractivity contribution in [2.75, 3.05) is 5.75 Å². The first kappa shape index (κ1) is 20.6. The maximum atomic E-state index is 10.5. The van der Waals surface area contributed by atoms with Crippen LogP contribution in [0.5, 0.6) is 0 Å². The van der Waals surface area contributed by atoms with Gasteiger partial charge in [0.15, 0.2) is 0 Å². The Kier molecular flexibility index (Phi) is 14.3. The van der Waals surface area contributed by atoms with Crippen LogP contribution in [0.2, 0.25) is 0 Å². The van der Waals surface area contributed by atoms with E-state index in [-0.39, 0.29) is 5.75 Å². The first-order valence-corrected chi connectivity index (χ1v) is 10.3. The average molecular weight is 319 g/mol. The summed E-state index contributed by atoms with van der Waals surface area (Å²) in [6, 6.07) is 0. The molecular formula is C17H34O3S. The summed E-state index contributed by atoms with van der Waals surface area (Å²) in [5, 5.41) is 0. The highest BCUT2D eigenvalue weighted by molar-refractivity contribution is 7.85. The van der Waals surface area contributed by atoms with Crippen LogP contribution in [0.3, 0.4) is 0 Å². The van der Waals surface area contributed by atoms with Gasteiger partial charge in [-0.1, -0.05) is 83.3 Å². The summed E-state index contributed by atoms with van der Waals surface area (Å²) in [6.07, 6.45) is 20.1. The van der Waals surface area contributed by atoms with Gasteiger partial charge in [-0.15, -0.1) is 0 Å². The lowest BCUT2D eigenvalue weighted by Crippen LogP contribution is -2.01. The van der Waals surface area contributed by atoms with Gasteiger partial charge in [0.1, 0.15) is 0 Å². The van der Waals surface area contributed by atoms with Gasteiger partial charge in [-0.05, 0) is 19.3 Å². The second kappa shape index (κ2) is 14.6. The lowest BCUT2D eigenvalue weighted by molar-refractivity contribution is 0.483. The molecule has 4 heteroatoms. The molecule has 0 bridgehead atoms. The smallest absolute Gasteiger partial charge is 0.265 e. The van der Waals surface area contributed by atoms with E-state index in [0.717, 1.165) is 6.42 Å². The Labute approximate surface area is 132 Å². The molecule has 1 N–H and O–H groups in total. The summed E-state index contributed by atoms with van der Waals surface area (Å²) >= 11 is 0. The van der Waals surface area contributed by atoms with Crippen molar-refractivity contribution in [1.29, 1.82) is 0 Å². The zero-order chi connectivity index (χ0) is 15.8. The van der Waals surface area contributed by atoms with Crippen molar-refractivity contribution in [1.82, 2.24) is 0 Å². The molecule has 0 aromatic rings. The zero-order valence-electron chi connectivity index (χ0n) is 13.7. The molecule has 0 spiro atoms. The van der Waals surface area contributed by atoms with Crippen LogP contribution in [0.15, 0.2) is 12.2 Å². The van der Waals surface area contributed by atoms with Gasteiger partial charge in [-0.2, -0.15) is 8.42 Å². The Morgan fingerprint density at radius 1 is 0.714 bits per heavy atom. The molecule has 0 aliphatic rings. The fraction of sp³-hybridized carbons (Fsp3) is 0.882. The molecule has 0 aromatic heterocycles. The van der Waals surface area contributed by atoms with Gasteiger partial charge in [0.05, 0.1) is 5.75 Å². The molecule has 0 saturated heterocycles. The predicted octanol–water partition coefficient (Wildman–Crippen LogP) is 5.52. The third kappa shape index (κ3) is 19.6. The minimum Gasteiger partial charge on any atom is -0.286 e. The summed E-state index contributed by atoms with van der Waals surface area (Å²) in [4.78, 5) is 0. The van der Waals surface area contributed by atoms with Gasteiger partial charge in [0.25, 0.3) is 10.1 Å². The molecular weight excluding hydrogens is 284 g/mol. The highest BCUT2D eigenvalue weighted by Gasteiger charge is 2.00. The number of unbranched alkanes of at least 4 members (excludes halogenated alkanes) is 11. The average Bonchev–Trinajstić information content (AvgIpc) is 2.42. The molecule has 0 rings (SSSR count). The largest absolute Gasteiger partial charge is 0.286 e. The molecule has 0 aliphatic heterocycles. The minimum atomic E-state index is -3.79. The number of hydrogen-bond donors (Lipinski definition) is 1. The van der Waals surface area contributed by atoms with E-state index < -0.39 is 10.1 Å². The first-order valence-electron chi connectivity index (χ1n) is 8.66. The Morgan fingerprint density at radius 2 is 1.14 bits per heavy atom. The van der Waals surface area contributed by atoms with Gasteiger partial charge in [-0.25, -0.2) is 0 Å². The van der Waals surface area contributed by atoms with E-state index >= 15 is 0 Å². The lowest BCUT2D eigenvalue weighted by atomic mass is 10.1. The summed E-state index contributed by atoms with van der Waals surface area (Å²) in [5.74, 6) is -0.165. The molecule has 0 heterocycles. The van der Waals surface area contributed by atoms with E-state index in [4.69, 9.17) is 4.55 Å². The summed E-state index contributed by atoms with van der Waals surface area (Å²) in [5.41, 5.74) is 0. The SMILES string of the molecule is CCCCCCCCCCCCC/C=C/CCS(=O)(=O)O. The molecule has 126 valence electrons. The minimum absolute atomic E-state index is 0.165. The van der Waals surface area contributed by atoms with Gasteiger partial charge in [0.2, 0.25) is 0 Å². The molecule has 0 atom stereocenters. The second-order valence-corrected chi connectivity index (χ2v) is 7.44. The maximum absolute atomic E-state index is 10.5. The van der Waals surface area contributed by atoms with Crippen molar-refractivity contribution >= 4 is 10.1 Å². The zero-order valence-corrected chi connectivity index (χ0v) is 14.5. The standard InChI is InChI=1S/C17H34O3S/c1-2-3-4-5-6-7-8-9-10-11-12-13-14-15-16-17-21(18,19)20/h14-15H,2-13,16-17H2,1H3,(H,18,19,20)/b15-14+. The van der Waals surface area contributed by atoms with Crippen LogP contribution < -0.4 is 0 Å². The van der Waals surface area contributed by atoms with E-state index in [9.17, 15) is 8.42 Å². The predicted molar refractivity (Wildman–Crippen MR) is 91.3 cm³/mol. The van der Waals surface area contributed by atoms with Crippen LogP contribution >= 0.6 is 0 Å². The summed E-state index contributed by atoms with van der Waals surface area (Å²) in [6.45, 7) is 2.25. The van der Waals surface area contributed by atoms with E-state index in [0.29, 0.717) is 6.42 Å². The highest BCUT2D eigenvalue weighted by Crippen LogP contribution is 2.12. The first-order chi connectivity index (χ1) is 10.1. The molecule has 0 aromatic carbocycles. The second-order valence-electron chi connectivity index (χ2n) is 5.87. The van der Waals surface area contributed by atoms with Crippen LogP contribution in [-0.4, -0.2) is 18.7 Å². The fourth-order valence-electron chi connectivity index (χ4n) is 2.38. The summed E-state index contributed by atoms with van der Waals surface area (Å²) < 4.78 is 29.5. The van der Waals surface area contributed by atoms with Crippen molar-refractivity contribution < 1.29 is 13.0 Å². The molecule has 0 aliphatic carbocycles. The third-order valence-electron chi connectivity index (χ3n) is 3.68. The van der Waals surface area contributed by atoms with Gasteiger partial charge < -0.3 is 0 Å². The number of rotatable bonds is 15. The normalized spacial score (nSPS) is 12.3. The highest BCUT2D eigenvalue weighted by atomic mass is 32.2. The van der Waals surface area contributed by atoms with E-state index in [1.807, 2.05) is 12.2 Å². The van der Waals surface area contributed by atoms with Crippen LogP contribution in [0.1, 0.15) is 90.4 Å². The van der Waals surface area contributed by atoms with E-state index in [2.05, 4.69) is 6.92 Å². The van der Waals surface area contributed by atoms with Gasteiger partial charge in [-0.3, -0.25) is 4.55 Å². The topological polar surface area (TPSA) is 54.4 Å². The Balaban J connectivity index is 3.14. The lowest BCUT2D eigenvalue weighted by Gasteiger charge is -2.01. The van der Waals surface area contributed by atoms with Crippen molar-refractivity contribution in [3.63, 3.8) is 0 Å². The van der Waals surface area contributed by atoms with Crippen molar-refractivity contribution in [3.8, 4) is 0 Å². The van der Waals surface area contributed by atoms with Crippen molar-refractivity contribution in [3.05, 3.63) is 12.2 Å². The molecule has 3 nitrogen and oxygen atoms in total. The van der Waals surface area contributed by atoms with Crippen LogP contribution in [-0.2, 0) is 10.1 Å². The fourth-order valence-corrected chi connectivity index (χ4v) is 2.81. The quantitative estimate of drug-likeness (QED) is 0.246. The van der Waals surface area contributed by atoms with Crippen LogP contribution in [0.4, 0.5) is 0 Å². The van der Waals surface area contributed by atoms with Crippen molar-refractivity contribution in [2.45, 2.75) is 90.4 Å². The Morgan fingerprint density at radius 3 is 1.62 bits per heavy atom. The van der Waals surface area contributed by atoms with Gasteiger partial charge >= 0.3 is 0 Å². The molecule has 0 saturated carbocycles. The molecule has 0 amide bonds. The summed E-state index contributed by atoms with van der Waals surface area (Å²) in [7, 11) is -3.79. The monoisotopic (exact) mass is 318 g/mol. The van der Waals surface area contributed by atoms with Crippen LogP contribution in [0.25, 0.3) is 0 Å². The molecule has 21 heavy (non-hydrogen) atoms. The molecule has 0 fully saturated rings. The Hall–Kier alpha value is -0.350. The van der Waals surface area contributed by atoms with Crippen LogP contribution in [0, 0.1) is 0 Å². The molecule has 0 unspecified atom stereocenters. The third-order valence-corrected chi connectivity index (χ3v) is 4.44. The molecule has 0 radical (unpaired) electrons. The van der Waals surface area contributed by atoms with Crippen molar-refractivity contribution in [2.24, 2.45) is 0 Å². The van der Waals surface area contributed by atoms with Gasteiger partial charge in [0, 0.05) is 0 Å². The number of allylic oxidation sites excluding steroid dienone is 2. The Bertz CT molecular complexity index is 334. The van der Waals surface area contributed by atoms with E-state index in [1.165, 1.54) is 70.6 Å². The maximum Gasteiger partial charge on any atom is 0.265 e. The number of hydrogen-bond acceptors (Lipinski definition) is 2.